The molecule has 146 valence electrons. The fraction of sp³-hybridized carbons (Fsp3) is 0.364. The van der Waals surface area contributed by atoms with Gasteiger partial charge >= 0.3 is 11.9 Å². The highest BCUT2D eigenvalue weighted by atomic mass is 16.6. The number of carbonyl (C=O) groups excluding carboxylic acids is 2. The van der Waals surface area contributed by atoms with Crippen molar-refractivity contribution in [1.29, 1.82) is 0 Å². The first-order chi connectivity index (χ1) is 13.5. The highest BCUT2D eigenvalue weighted by molar-refractivity contribution is 5.90. The molecule has 2 aliphatic heterocycles. The number of likely N-dealkylation sites (N-methyl/N-ethyl adjacent to an activating group) is 1. The fourth-order valence-electron chi connectivity index (χ4n) is 4.21. The van der Waals surface area contributed by atoms with Crippen LogP contribution < -0.4 is 0 Å². The fourth-order valence-corrected chi connectivity index (χ4v) is 4.21. The van der Waals surface area contributed by atoms with Gasteiger partial charge in [0.05, 0.1) is 17.2 Å². The van der Waals surface area contributed by atoms with Crippen LogP contribution in [0.25, 0.3) is 0 Å². The number of carbonyl (C=O) groups is 2. The molecule has 0 aromatic heterocycles. The van der Waals surface area contributed by atoms with Gasteiger partial charge in [-0.05, 0) is 31.3 Å². The summed E-state index contributed by atoms with van der Waals surface area (Å²) >= 11 is 0. The number of benzene rings is 2. The van der Waals surface area contributed by atoms with Gasteiger partial charge in [0.15, 0.2) is 0 Å². The van der Waals surface area contributed by atoms with E-state index < -0.39 is 18.2 Å². The smallest absolute Gasteiger partial charge is 0.338 e. The summed E-state index contributed by atoms with van der Waals surface area (Å²) in [7, 11) is 1.91. The molecule has 2 bridgehead atoms. The number of fused-ring (bicyclic) bond motifs is 2. The molecular formula is C22H23NO5. The molecule has 0 spiro atoms. The lowest BCUT2D eigenvalue weighted by atomic mass is 10.00. The van der Waals surface area contributed by atoms with E-state index in [4.69, 9.17) is 9.47 Å². The first-order valence-electron chi connectivity index (χ1n) is 9.46. The Morgan fingerprint density at radius 3 is 1.93 bits per heavy atom. The van der Waals surface area contributed by atoms with E-state index in [1.807, 2.05) is 24.1 Å². The summed E-state index contributed by atoms with van der Waals surface area (Å²) in [4.78, 5) is 26.8. The zero-order chi connectivity index (χ0) is 19.7. The molecule has 0 unspecified atom stereocenters. The molecule has 5 atom stereocenters. The van der Waals surface area contributed by atoms with Crippen LogP contribution in [0.5, 0.6) is 0 Å². The molecule has 1 N–H and O–H groups in total. The number of hydrogen-bond acceptors (Lipinski definition) is 6. The lowest BCUT2D eigenvalue weighted by Crippen LogP contribution is -2.46. The number of rotatable bonds is 4. The Labute approximate surface area is 163 Å². The van der Waals surface area contributed by atoms with Crippen molar-refractivity contribution in [2.45, 2.75) is 43.2 Å². The predicted molar refractivity (Wildman–Crippen MR) is 102 cm³/mol. The van der Waals surface area contributed by atoms with Gasteiger partial charge in [-0.25, -0.2) is 9.59 Å². The van der Waals surface area contributed by atoms with E-state index in [0.29, 0.717) is 24.0 Å². The summed E-state index contributed by atoms with van der Waals surface area (Å²) in [6.45, 7) is 0. The number of esters is 2. The Hall–Kier alpha value is -2.70. The average molecular weight is 381 g/mol. The number of nitrogens with zero attached hydrogens (tertiary/aromatic N) is 1. The standard InChI is InChI=1S/C22H23NO5/c1-23-17-12-16(27-21(25)14-8-4-2-5-9-14)13-18(23)20(19(17)24)28-22(26)15-10-6-3-7-11-15/h2-11,16-20,24H,12-13H2,1H3/t16-,17-,18+,19-,20+/m1/s1. The zero-order valence-corrected chi connectivity index (χ0v) is 15.6. The average Bonchev–Trinajstić information content (AvgIpc) is 2.85. The molecule has 0 radical (unpaired) electrons. The highest BCUT2D eigenvalue weighted by Crippen LogP contribution is 2.38. The van der Waals surface area contributed by atoms with Crippen molar-refractivity contribution in [3.8, 4) is 0 Å². The third-order valence-electron chi connectivity index (χ3n) is 5.70. The molecular weight excluding hydrogens is 358 g/mol. The highest BCUT2D eigenvalue weighted by Gasteiger charge is 2.54. The largest absolute Gasteiger partial charge is 0.459 e. The van der Waals surface area contributed by atoms with Gasteiger partial charge in [-0.15, -0.1) is 0 Å². The third-order valence-corrected chi connectivity index (χ3v) is 5.70. The Balaban J connectivity index is 1.45. The molecule has 28 heavy (non-hydrogen) atoms. The SMILES string of the molecule is CN1[C@@H]2C[C@@H](OC(=O)c3ccccc3)C[C@H]1[C@H](OC(=O)c1ccccc1)[C@@H]2O. The van der Waals surface area contributed by atoms with E-state index in [-0.39, 0.29) is 24.2 Å². The maximum absolute atomic E-state index is 12.4. The normalized spacial score (nSPS) is 29.3. The van der Waals surface area contributed by atoms with Crippen molar-refractivity contribution in [1.82, 2.24) is 4.90 Å². The van der Waals surface area contributed by atoms with Crippen LogP contribution in [0.4, 0.5) is 0 Å². The van der Waals surface area contributed by atoms with Gasteiger partial charge in [0, 0.05) is 18.9 Å². The summed E-state index contributed by atoms with van der Waals surface area (Å²) in [5, 5.41) is 10.7. The Kier molecular flexibility index (Phi) is 5.15. The molecule has 2 aromatic rings. The number of piperidine rings is 1. The lowest BCUT2D eigenvalue weighted by molar-refractivity contribution is -0.0173. The second kappa shape index (κ2) is 7.73. The molecule has 2 aromatic carbocycles. The topological polar surface area (TPSA) is 76.1 Å². The number of aliphatic hydroxyl groups is 1. The minimum atomic E-state index is -0.817. The first kappa shape index (κ1) is 18.7. The Morgan fingerprint density at radius 2 is 1.36 bits per heavy atom. The van der Waals surface area contributed by atoms with Crippen molar-refractivity contribution >= 4 is 11.9 Å². The van der Waals surface area contributed by atoms with Crippen LogP contribution in [0, 0.1) is 0 Å². The predicted octanol–water partition coefficient (Wildman–Crippen LogP) is 2.27. The zero-order valence-electron chi connectivity index (χ0n) is 15.6. The molecule has 6 heteroatoms. The van der Waals surface area contributed by atoms with Gasteiger partial charge in [-0.3, -0.25) is 4.90 Å². The summed E-state index contributed by atoms with van der Waals surface area (Å²) < 4.78 is 11.3. The molecule has 2 fully saturated rings. The van der Waals surface area contributed by atoms with Crippen LogP contribution in [0.15, 0.2) is 60.7 Å². The summed E-state index contributed by atoms with van der Waals surface area (Å²) in [5.74, 6) is -0.828. The summed E-state index contributed by atoms with van der Waals surface area (Å²) in [5.41, 5.74) is 0.951. The molecule has 6 nitrogen and oxygen atoms in total. The van der Waals surface area contributed by atoms with Gasteiger partial charge in [0.25, 0.3) is 0 Å². The number of hydrogen-bond donors (Lipinski definition) is 1. The van der Waals surface area contributed by atoms with Crippen LogP contribution in [0.3, 0.4) is 0 Å². The molecule has 0 saturated carbocycles. The summed E-state index contributed by atoms with van der Waals surface area (Å²) in [6.07, 6.45) is -0.776. The maximum Gasteiger partial charge on any atom is 0.338 e. The molecule has 2 heterocycles. The van der Waals surface area contributed by atoms with E-state index in [1.54, 1.807) is 48.5 Å². The molecule has 2 saturated heterocycles. The summed E-state index contributed by atoms with van der Waals surface area (Å²) in [6, 6.07) is 17.2. The molecule has 4 rings (SSSR count). The van der Waals surface area contributed by atoms with Gasteiger partial charge in [0.1, 0.15) is 18.3 Å². The van der Waals surface area contributed by atoms with Gasteiger partial charge < -0.3 is 14.6 Å². The van der Waals surface area contributed by atoms with Crippen LogP contribution >= 0.6 is 0 Å². The van der Waals surface area contributed by atoms with E-state index >= 15 is 0 Å². The maximum atomic E-state index is 12.4. The van der Waals surface area contributed by atoms with Gasteiger partial charge in [-0.2, -0.15) is 0 Å². The first-order valence-corrected chi connectivity index (χ1v) is 9.46. The second-order valence-corrected chi connectivity index (χ2v) is 7.39. The van der Waals surface area contributed by atoms with E-state index in [0.717, 1.165) is 0 Å². The lowest BCUT2D eigenvalue weighted by Gasteiger charge is -2.36. The van der Waals surface area contributed by atoms with Crippen molar-refractivity contribution < 1.29 is 24.2 Å². The van der Waals surface area contributed by atoms with Crippen LogP contribution in [0.1, 0.15) is 33.6 Å². The van der Waals surface area contributed by atoms with Gasteiger partial charge in [0.2, 0.25) is 0 Å². The van der Waals surface area contributed by atoms with Crippen molar-refractivity contribution in [2.75, 3.05) is 7.05 Å². The number of ether oxygens (including phenoxy) is 2. The monoisotopic (exact) mass is 381 g/mol. The quantitative estimate of drug-likeness (QED) is 0.819. The Bertz CT molecular complexity index is 841. The van der Waals surface area contributed by atoms with Crippen LogP contribution in [0.2, 0.25) is 0 Å². The molecule has 0 amide bonds. The van der Waals surface area contributed by atoms with E-state index in [9.17, 15) is 14.7 Å². The minimum Gasteiger partial charge on any atom is -0.459 e. The van der Waals surface area contributed by atoms with Crippen molar-refractivity contribution in [3.63, 3.8) is 0 Å². The van der Waals surface area contributed by atoms with Gasteiger partial charge in [-0.1, -0.05) is 36.4 Å². The van der Waals surface area contributed by atoms with Crippen molar-refractivity contribution in [3.05, 3.63) is 71.8 Å². The Morgan fingerprint density at radius 1 is 0.857 bits per heavy atom. The van der Waals surface area contributed by atoms with Crippen molar-refractivity contribution in [2.24, 2.45) is 0 Å². The van der Waals surface area contributed by atoms with Crippen LogP contribution in [-0.2, 0) is 9.47 Å². The minimum absolute atomic E-state index is 0.199. The third kappa shape index (κ3) is 3.53. The second-order valence-electron chi connectivity index (χ2n) is 7.39. The van der Waals surface area contributed by atoms with E-state index in [1.165, 1.54) is 0 Å². The molecule has 2 aliphatic rings. The van der Waals surface area contributed by atoms with Crippen LogP contribution in [-0.4, -0.2) is 59.4 Å². The van der Waals surface area contributed by atoms with E-state index in [2.05, 4.69) is 0 Å². The number of aliphatic hydroxyl groups excluding tert-OH is 1. The molecule has 0 aliphatic carbocycles.